The molecular weight excluding hydrogens is 421 g/mol. The molecule has 0 atom stereocenters. The highest BCUT2D eigenvalue weighted by Gasteiger charge is 2.28. The van der Waals surface area contributed by atoms with Crippen molar-refractivity contribution in [1.82, 2.24) is 5.32 Å². The molecule has 0 radical (unpaired) electrons. The van der Waals surface area contributed by atoms with E-state index in [1.165, 1.54) is 12.1 Å². The van der Waals surface area contributed by atoms with Crippen molar-refractivity contribution in [3.05, 3.63) is 94.8 Å². The molecule has 4 N–H and O–H groups in total. The Morgan fingerprint density at radius 3 is 2.55 bits per heavy atom. The maximum Gasteiger partial charge on any atom is 0.303 e. The van der Waals surface area contributed by atoms with Crippen molar-refractivity contribution < 1.29 is 19.1 Å². The number of carbonyl (C=O) groups is 2. The lowest BCUT2D eigenvalue weighted by molar-refractivity contribution is -0.137. The van der Waals surface area contributed by atoms with Crippen molar-refractivity contribution in [2.75, 3.05) is 17.7 Å². The fraction of sp³-hybridized carbons (Fsp3) is 0.154. The largest absolute Gasteiger partial charge is 0.481 e. The van der Waals surface area contributed by atoms with Crippen LogP contribution in [0.2, 0.25) is 0 Å². The van der Waals surface area contributed by atoms with Crippen LogP contribution in [0, 0.1) is 5.82 Å². The summed E-state index contributed by atoms with van der Waals surface area (Å²) < 4.78 is 13.7. The van der Waals surface area contributed by atoms with Crippen LogP contribution in [-0.4, -0.2) is 24.0 Å². The molecule has 3 aromatic carbocycles. The summed E-state index contributed by atoms with van der Waals surface area (Å²) in [5.41, 5.74) is 5.58. The van der Waals surface area contributed by atoms with Crippen LogP contribution in [0.4, 0.5) is 15.8 Å². The Kier molecular flexibility index (Phi) is 6.51. The van der Waals surface area contributed by atoms with Crippen LogP contribution in [0.5, 0.6) is 0 Å². The van der Waals surface area contributed by atoms with Gasteiger partial charge in [-0.15, -0.1) is 0 Å². The number of rotatable bonds is 8. The zero-order valence-electron chi connectivity index (χ0n) is 18.1. The Bertz CT molecular complexity index is 1240. The van der Waals surface area contributed by atoms with E-state index < -0.39 is 11.8 Å². The molecule has 0 bridgehead atoms. The zero-order chi connectivity index (χ0) is 23.4. The number of carbonyl (C=O) groups excluding carboxylic acids is 1. The summed E-state index contributed by atoms with van der Waals surface area (Å²) in [4.78, 5) is 23.8. The van der Waals surface area contributed by atoms with Crippen LogP contribution in [0.1, 0.15) is 28.7 Å². The monoisotopic (exact) mass is 445 g/mol. The number of amides is 1. The van der Waals surface area contributed by atoms with Gasteiger partial charge < -0.3 is 21.1 Å². The van der Waals surface area contributed by atoms with E-state index in [-0.39, 0.29) is 12.3 Å². The summed E-state index contributed by atoms with van der Waals surface area (Å²) in [5, 5.41) is 18.2. The van der Waals surface area contributed by atoms with Gasteiger partial charge in [-0.25, -0.2) is 4.39 Å². The molecule has 0 aliphatic carbocycles. The number of hydrogen-bond donors (Lipinski definition) is 4. The molecule has 0 saturated heterocycles. The summed E-state index contributed by atoms with van der Waals surface area (Å²) in [6.45, 7) is 0.697. The first-order chi connectivity index (χ1) is 15.9. The van der Waals surface area contributed by atoms with Crippen LogP contribution >= 0.6 is 0 Å². The van der Waals surface area contributed by atoms with Gasteiger partial charge in [0.2, 0.25) is 0 Å². The van der Waals surface area contributed by atoms with E-state index in [2.05, 4.69) is 16.0 Å². The number of nitrogens with one attached hydrogen (secondary N) is 3. The van der Waals surface area contributed by atoms with Gasteiger partial charge in [0.1, 0.15) is 5.82 Å². The number of fused-ring (bicyclic) bond motifs is 1. The highest BCUT2D eigenvalue weighted by molar-refractivity contribution is 6.37. The van der Waals surface area contributed by atoms with Gasteiger partial charge in [0.25, 0.3) is 5.91 Å². The minimum Gasteiger partial charge on any atom is -0.481 e. The molecular formula is C26H24FN3O3. The highest BCUT2D eigenvalue weighted by atomic mass is 19.1. The molecule has 4 rings (SSSR count). The summed E-state index contributed by atoms with van der Waals surface area (Å²) in [6, 6.07) is 19.5. The number of benzene rings is 3. The lowest BCUT2D eigenvalue weighted by Crippen LogP contribution is -2.11. The van der Waals surface area contributed by atoms with Crippen LogP contribution in [0.25, 0.3) is 11.3 Å². The van der Waals surface area contributed by atoms with E-state index in [0.717, 1.165) is 22.4 Å². The fourth-order valence-corrected chi connectivity index (χ4v) is 3.87. The topological polar surface area (TPSA) is 90.5 Å². The maximum atomic E-state index is 13.7. The maximum absolute atomic E-state index is 13.7. The van der Waals surface area contributed by atoms with Gasteiger partial charge in [-0.1, -0.05) is 36.4 Å². The average molecular weight is 445 g/mol. The SMILES string of the molecule is CNCc1cccc(NC(=C2C(=O)Nc3cc(F)ccc32)c2ccc(CCC(=O)O)cc2)c1. The molecule has 33 heavy (non-hydrogen) atoms. The summed E-state index contributed by atoms with van der Waals surface area (Å²) >= 11 is 0. The molecule has 1 aliphatic heterocycles. The van der Waals surface area contributed by atoms with Gasteiger partial charge in [-0.2, -0.15) is 0 Å². The smallest absolute Gasteiger partial charge is 0.303 e. The number of aryl methyl sites for hydroxylation is 1. The van der Waals surface area contributed by atoms with Crippen LogP contribution < -0.4 is 16.0 Å². The fourth-order valence-electron chi connectivity index (χ4n) is 3.87. The van der Waals surface area contributed by atoms with Crippen molar-refractivity contribution in [1.29, 1.82) is 0 Å². The van der Waals surface area contributed by atoms with Crippen molar-refractivity contribution in [2.45, 2.75) is 19.4 Å². The molecule has 7 heteroatoms. The number of carboxylic acid groups (broad SMARTS) is 1. The molecule has 0 unspecified atom stereocenters. The lowest BCUT2D eigenvalue weighted by atomic mass is 9.98. The minimum atomic E-state index is -0.850. The van der Waals surface area contributed by atoms with Gasteiger partial charge >= 0.3 is 5.97 Å². The quantitative estimate of drug-likeness (QED) is 0.384. The average Bonchev–Trinajstić information content (AvgIpc) is 3.11. The third-order valence-corrected chi connectivity index (χ3v) is 5.42. The summed E-state index contributed by atoms with van der Waals surface area (Å²) in [5.74, 6) is -1.59. The van der Waals surface area contributed by atoms with Crippen LogP contribution in [0.3, 0.4) is 0 Å². The van der Waals surface area contributed by atoms with E-state index in [0.29, 0.717) is 35.5 Å². The van der Waals surface area contributed by atoms with Crippen LogP contribution in [0.15, 0.2) is 66.7 Å². The first kappa shape index (κ1) is 22.2. The van der Waals surface area contributed by atoms with Crippen molar-refractivity contribution in [3.63, 3.8) is 0 Å². The Labute approximate surface area is 191 Å². The first-order valence-electron chi connectivity index (χ1n) is 10.6. The van der Waals surface area contributed by atoms with Crippen molar-refractivity contribution in [2.24, 2.45) is 0 Å². The molecule has 0 saturated carbocycles. The molecule has 1 amide bonds. The Balaban J connectivity index is 1.78. The zero-order valence-corrected chi connectivity index (χ0v) is 18.1. The van der Waals surface area contributed by atoms with Gasteiger partial charge in [0.05, 0.1) is 17.0 Å². The standard InChI is InChI=1S/C26H24FN3O3/c1-28-15-17-3-2-4-20(13-17)29-25(18-8-5-16(6-9-18)7-12-23(31)32)24-21-11-10-19(27)14-22(21)30-26(24)33/h2-6,8-11,13-14,28-29H,7,12,15H2,1H3,(H,30,33)(H,31,32). The highest BCUT2D eigenvalue weighted by Crippen LogP contribution is 2.38. The van der Waals surface area contributed by atoms with E-state index >= 15 is 0 Å². The second-order valence-electron chi connectivity index (χ2n) is 7.84. The van der Waals surface area contributed by atoms with Gasteiger partial charge in [-0.3, -0.25) is 9.59 Å². The molecule has 0 aromatic heterocycles. The number of hydrogen-bond acceptors (Lipinski definition) is 4. The molecule has 6 nitrogen and oxygen atoms in total. The van der Waals surface area contributed by atoms with E-state index in [1.54, 1.807) is 6.07 Å². The number of carboxylic acids is 1. The molecule has 0 spiro atoms. The summed E-state index contributed by atoms with van der Waals surface area (Å²) in [6.07, 6.45) is 0.467. The second kappa shape index (κ2) is 9.67. The van der Waals surface area contributed by atoms with Gasteiger partial charge in [0, 0.05) is 24.2 Å². The third kappa shape index (κ3) is 5.10. The molecule has 3 aromatic rings. The van der Waals surface area contributed by atoms with Crippen molar-refractivity contribution in [3.8, 4) is 0 Å². The first-order valence-corrected chi connectivity index (χ1v) is 10.6. The Morgan fingerprint density at radius 2 is 1.82 bits per heavy atom. The Hall–Kier alpha value is -3.97. The predicted octanol–water partition coefficient (Wildman–Crippen LogP) is 4.49. The van der Waals surface area contributed by atoms with Gasteiger partial charge in [-0.05, 0) is 60.5 Å². The van der Waals surface area contributed by atoms with Crippen molar-refractivity contribution >= 4 is 34.5 Å². The molecule has 0 fully saturated rings. The van der Waals surface area contributed by atoms with Gasteiger partial charge in [0.15, 0.2) is 0 Å². The third-order valence-electron chi connectivity index (χ3n) is 5.42. The summed E-state index contributed by atoms with van der Waals surface area (Å²) in [7, 11) is 1.87. The van der Waals surface area contributed by atoms with Crippen LogP contribution in [-0.2, 0) is 22.6 Å². The van der Waals surface area contributed by atoms with E-state index in [4.69, 9.17) is 5.11 Å². The molecule has 1 aliphatic rings. The number of aliphatic carboxylic acids is 1. The lowest BCUT2D eigenvalue weighted by Gasteiger charge is -2.16. The minimum absolute atomic E-state index is 0.0468. The molecule has 168 valence electrons. The second-order valence-corrected chi connectivity index (χ2v) is 7.84. The van der Waals surface area contributed by atoms with E-state index in [1.807, 2.05) is 55.6 Å². The normalized spacial score (nSPS) is 13.9. The Morgan fingerprint density at radius 1 is 1.03 bits per heavy atom. The predicted molar refractivity (Wildman–Crippen MR) is 127 cm³/mol. The molecule has 1 heterocycles. The number of anilines is 2. The van der Waals surface area contributed by atoms with E-state index in [9.17, 15) is 14.0 Å². The number of halogens is 1.